The summed E-state index contributed by atoms with van der Waals surface area (Å²) in [6, 6.07) is 16.6. The van der Waals surface area contributed by atoms with Crippen LogP contribution in [0.1, 0.15) is 11.1 Å². The molecule has 0 aliphatic carbocycles. The average Bonchev–Trinajstić information content (AvgIpc) is 3.06. The number of ether oxygens (including phenoxy) is 2. The Morgan fingerprint density at radius 1 is 1.08 bits per heavy atom. The van der Waals surface area contributed by atoms with Gasteiger partial charge in [-0.25, -0.2) is 8.42 Å². The third-order valence-electron chi connectivity index (χ3n) is 3.92. The molecule has 2 aromatic rings. The van der Waals surface area contributed by atoms with Gasteiger partial charge >= 0.3 is 0 Å². The van der Waals surface area contributed by atoms with Crippen molar-refractivity contribution in [3.05, 3.63) is 76.7 Å². The molecule has 0 spiro atoms. The van der Waals surface area contributed by atoms with Crippen LogP contribution in [0.3, 0.4) is 0 Å². The van der Waals surface area contributed by atoms with Crippen molar-refractivity contribution in [1.82, 2.24) is 0 Å². The van der Waals surface area contributed by atoms with Crippen LogP contribution < -0.4 is 0 Å². The molecule has 0 saturated heterocycles. The molecule has 0 bridgehead atoms. The minimum atomic E-state index is -3.54. The lowest BCUT2D eigenvalue weighted by Gasteiger charge is -2.15. The maximum atomic E-state index is 12.8. The molecule has 3 rings (SSSR count). The van der Waals surface area contributed by atoms with Crippen molar-refractivity contribution >= 4 is 9.84 Å². The molecule has 1 aliphatic heterocycles. The van der Waals surface area contributed by atoms with E-state index in [0.29, 0.717) is 18.1 Å². The number of benzene rings is 2. The second kappa shape index (κ2) is 7.30. The zero-order valence-corrected chi connectivity index (χ0v) is 14.3. The first kappa shape index (κ1) is 16.9. The van der Waals surface area contributed by atoms with Crippen LogP contribution in [0.4, 0.5) is 0 Å². The SMILES string of the molecule is Cc1ccc(S(=O)(=O)C2=CCO[C@@H]2COCc2ccccc2)cc1. The Bertz CT molecular complexity index is 808. The predicted octanol–water partition coefficient (Wildman–Crippen LogP) is 3.27. The van der Waals surface area contributed by atoms with Crippen molar-refractivity contribution in [3.63, 3.8) is 0 Å². The second-order valence-electron chi connectivity index (χ2n) is 5.75. The lowest BCUT2D eigenvalue weighted by molar-refractivity contribution is 0.0209. The lowest BCUT2D eigenvalue weighted by Crippen LogP contribution is -2.23. The number of hydrogen-bond acceptors (Lipinski definition) is 4. The Hall–Kier alpha value is -1.95. The van der Waals surface area contributed by atoms with Gasteiger partial charge in [-0.15, -0.1) is 0 Å². The third-order valence-corrected chi connectivity index (χ3v) is 5.86. The lowest BCUT2D eigenvalue weighted by atomic mass is 10.2. The van der Waals surface area contributed by atoms with Crippen molar-refractivity contribution in [2.75, 3.05) is 13.2 Å². The van der Waals surface area contributed by atoms with Crippen LogP contribution in [0.5, 0.6) is 0 Å². The zero-order valence-electron chi connectivity index (χ0n) is 13.5. The molecule has 1 aliphatic rings. The highest BCUT2D eigenvalue weighted by atomic mass is 32.2. The van der Waals surface area contributed by atoms with E-state index in [2.05, 4.69) is 0 Å². The van der Waals surface area contributed by atoms with E-state index >= 15 is 0 Å². The predicted molar refractivity (Wildman–Crippen MR) is 92.3 cm³/mol. The fourth-order valence-corrected chi connectivity index (χ4v) is 4.12. The maximum Gasteiger partial charge on any atom is 0.205 e. The minimum Gasteiger partial charge on any atom is -0.374 e. The van der Waals surface area contributed by atoms with E-state index < -0.39 is 15.9 Å². The molecule has 24 heavy (non-hydrogen) atoms. The normalized spacial score (nSPS) is 17.7. The summed E-state index contributed by atoms with van der Waals surface area (Å²) in [4.78, 5) is 0.581. The highest BCUT2D eigenvalue weighted by molar-refractivity contribution is 7.95. The standard InChI is InChI=1S/C19H20O4S/c1-15-7-9-17(10-8-15)24(20,21)19-11-12-23-18(19)14-22-13-16-5-3-2-4-6-16/h2-11,18H,12-14H2,1H3/t18-/m1/s1. The molecule has 0 aromatic heterocycles. The minimum absolute atomic E-state index is 0.214. The maximum absolute atomic E-state index is 12.8. The van der Waals surface area contributed by atoms with Crippen LogP contribution in [0.15, 0.2) is 70.5 Å². The first-order valence-corrected chi connectivity index (χ1v) is 9.31. The van der Waals surface area contributed by atoms with Crippen LogP contribution in [0.2, 0.25) is 0 Å². The molecule has 0 saturated carbocycles. The first-order valence-electron chi connectivity index (χ1n) is 7.82. The third kappa shape index (κ3) is 3.75. The van der Waals surface area contributed by atoms with Gasteiger partial charge in [0.05, 0.1) is 29.6 Å². The highest BCUT2D eigenvalue weighted by Gasteiger charge is 2.32. The topological polar surface area (TPSA) is 52.6 Å². The fraction of sp³-hybridized carbons (Fsp3) is 0.263. The molecule has 0 fully saturated rings. The van der Waals surface area contributed by atoms with Crippen molar-refractivity contribution in [1.29, 1.82) is 0 Å². The summed E-state index contributed by atoms with van der Waals surface area (Å²) in [5.41, 5.74) is 2.07. The molecule has 1 atom stereocenters. The molecule has 5 heteroatoms. The summed E-state index contributed by atoms with van der Waals surface area (Å²) < 4.78 is 36.8. The number of hydrogen-bond donors (Lipinski definition) is 0. The molecular weight excluding hydrogens is 324 g/mol. The van der Waals surface area contributed by atoms with Gasteiger partial charge in [0.2, 0.25) is 9.84 Å². The van der Waals surface area contributed by atoms with Gasteiger partial charge in [0, 0.05) is 0 Å². The Morgan fingerprint density at radius 3 is 2.50 bits per heavy atom. The van der Waals surface area contributed by atoms with Gasteiger partial charge in [0.1, 0.15) is 6.10 Å². The summed E-state index contributed by atoms with van der Waals surface area (Å²) >= 11 is 0. The van der Waals surface area contributed by atoms with Crippen LogP contribution in [0.25, 0.3) is 0 Å². The number of aryl methyl sites for hydroxylation is 1. The van der Waals surface area contributed by atoms with Gasteiger partial charge in [-0.2, -0.15) is 0 Å². The number of sulfone groups is 1. The number of rotatable bonds is 6. The Morgan fingerprint density at radius 2 is 1.79 bits per heavy atom. The van der Waals surface area contributed by atoms with E-state index in [0.717, 1.165) is 11.1 Å². The van der Waals surface area contributed by atoms with Crippen molar-refractivity contribution in [3.8, 4) is 0 Å². The van der Waals surface area contributed by atoms with Crippen LogP contribution in [-0.2, 0) is 25.9 Å². The van der Waals surface area contributed by atoms with E-state index in [-0.39, 0.29) is 11.5 Å². The van der Waals surface area contributed by atoms with Crippen molar-refractivity contribution < 1.29 is 17.9 Å². The van der Waals surface area contributed by atoms with E-state index in [1.807, 2.05) is 37.3 Å². The molecule has 2 aromatic carbocycles. The largest absolute Gasteiger partial charge is 0.374 e. The van der Waals surface area contributed by atoms with Crippen LogP contribution >= 0.6 is 0 Å². The Kier molecular flexibility index (Phi) is 5.14. The quantitative estimate of drug-likeness (QED) is 0.807. The molecule has 0 unspecified atom stereocenters. The van der Waals surface area contributed by atoms with E-state index in [4.69, 9.17) is 9.47 Å². The summed E-state index contributed by atoms with van der Waals surface area (Å²) in [5, 5.41) is 0. The van der Waals surface area contributed by atoms with Gasteiger partial charge in [0.15, 0.2) is 0 Å². The molecule has 0 amide bonds. The summed E-state index contributed by atoms with van der Waals surface area (Å²) in [6.07, 6.45) is 1.08. The van der Waals surface area contributed by atoms with E-state index in [1.165, 1.54) is 0 Å². The van der Waals surface area contributed by atoms with Gasteiger partial charge < -0.3 is 9.47 Å². The smallest absolute Gasteiger partial charge is 0.205 e. The molecule has 0 radical (unpaired) electrons. The monoisotopic (exact) mass is 344 g/mol. The Labute approximate surface area is 142 Å². The highest BCUT2D eigenvalue weighted by Crippen LogP contribution is 2.27. The van der Waals surface area contributed by atoms with Crippen molar-refractivity contribution in [2.24, 2.45) is 0 Å². The molecular formula is C19H20O4S. The summed E-state index contributed by atoms with van der Waals surface area (Å²) in [7, 11) is -3.54. The van der Waals surface area contributed by atoms with Gasteiger partial charge in [-0.1, -0.05) is 48.0 Å². The summed E-state index contributed by atoms with van der Waals surface area (Å²) in [5.74, 6) is 0. The Balaban J connectivity index is 1.67. The fourth-order valence-electron chi connectivity index (χ4n) is 2.58. The molecule has 126 valence electrons. The van der Waals surface area contributed by atoms with Gasteiger partial charge in [-0.3, -0.25) is 0 Å². The van der Waals surface area contributed by atoms with Gasteiger partial charge in [-0.05, 0) is 30.7 Å². The molecule has 0 N–H and O–H groups in total. The van der Waals surface area contributed by atoms with Crippen molar-refractivity contribution in [2.45, 2.75) is 24.5 Å². The van der Waals surface area contributed by atoms with E-state index in [1.54, 1.807) is 30.3 Å². The van der Waals surface area contributed by atoms with Gasteiger partial charge in [0.25, 0.3) is 0 Å². The molecule has 4 nitrogen and oxygen atoms in total. The molecule has 1 heterocycles. The summed E-state index contributed by atoms with van der Waals surface area (Å²) in [6.45, 7) is 2.86. The van der Waals surface area contributed by atoms with E-state index in [9.17, 15) is 8.42 Å². The van der Waals surface area contributed by atoms with Crippen LogP contribution in [-0.4, -0.2) is 27.7 Å². The second-order valence-corrected chi connectivity index (χ2v) is 7.70. The zero-order chi connectivity index (χ0) is 17.0. The first-order chi connectivity index (χ1) is 11.6. The average molecular weight is 344 g/mol. The van der Waals surface area contributed by atoms with Crippen LogP contribution in [0, 0.1) is 6.92 Å².